The number of aryl methyl sites for hydroxylation is 1. The summed E-state index contributed by atoms with van der Waals surface area (Å²) in [7, 11) is 0. The van der Waals surface area contributed by atoms with Gasteiger partial charge in [-0.2, -0.15) is 0 Å². The molecule has 0 atom stereocenters. The Morgan fingerprint density at radius 3 is 2.76 bits per heavy atom. The lowest BCUT2D eigenvalue weighted by Gasteiger charge is -2.11. The van der Waals surface area contributed by atoms with Gasteiger partial charge in [-0.15, -0.1) is 0 Å². The molecule has 4 heteroatoms. The number of benzene rings is 2. The van der Waals surface area contributed by atoms with E-state index in [9.17, 15) is 0 Å². The molecule has 3 rings (SSSR count). The maximum atomic E-state index is 6.02. The first-order chi connectivity index (χ1) is 10.2. The summed E-state index contributed by atoms with van der Waals surface area (Å²) in [6, 6.07) is 15.3. The summed E-state index contributed by atoms with van der Waals surface area (Å²) in [6.45, 7) is 2.41. The van der Waals surface area contributed by atoms with E-state index in [0.717, 1.165) is 22.0 Å². The molecule has 0 amide bonds. The zero-order chi connectivity index (χ0) is 14.8. The van der Waals surface area contributed by atoms with E-state index in [1.165, 1.54) is 0 Å². The van der Waals surface area contributed by atoms with Gasteiger partial charge in [-0.25, -0.2) is 4.98 Å². The maximum absolute atomic E-state index is 6.02. The smallest absolute Gasteiger partial charge is 0.220 e. The Hall–Kier alpha value is -2.10. The van der Waals surface area contributed by atoms with Crippen LogP contribution >= 0.6 is 11.6 Å². The van der Waals surface area contributed by atoms with Crippen LogP contribution in [-0.2, 0) is 6.54 Å². The van der Waals surface area contributed by atoms with E-state index in [2.05, 4.69) is 4.98 Å². The van der Waals surface area contributed by atoms with Crippen molar-refractivity contribution < 1.29 is 4.74 Å². The van der Waals surface area contributed by atoms with Gasteiger partial charge in [0.25, 0.3) is 0 Å². The molecular formula is C17H15ClN2O. The standard InChI is InChI=1S/C17H15ClN2O/c1-11-6-7-13(18)9-16(11)21-17-8-12(10-19)14-4-2-3-5-15(14)20-17/h2-9H,10,19H2,1H3. The monoisotopic (exact) mass is 298 g/mol. The summed E-state index contributed by atoms with van der Waals surface area (Å²) in [4.78, 5) is 4.53. The quantitative estimate of drug-likeness (QED) is 0.777. The molecule has 1 heterocycles. The first-order valence-electron chi connectivity index (χ1n) is 6.70. The molecule has 2 N–H and O–H groups in total. The van der Waals surface area contributed by atoms with Crippen LogP contribution in [0.3, 0.4) is 0 Å². The van der Waals surface area contributed by atoms with Gasteiger partial charge in [-0.3, -0.25) is 0 Å². The highest BCUT2D eigenvalue weighted by Gasteiger charge is 2.08. The van der Waals surface area contributed by atoms with Crippen LogP contribution in [0, 0.1) is 6.92 Å². The number of hydrogen-bond acceptors (Lipinski definition) is 3. The zero-order valence-corrected chi connectivity index (χ0v) is 12.4. The summed E-state index contributed by atoms with van der Waals surface area (Å²) < 4.78 is 5.89. The minimum atomic E-state index is 0.438. The SMILES string of the molecule is Cc1ccc(Cl)cc1Oc1cc(CN)c2ccccc2n1. The summed E-state index contributed by atoms with van der Waals surface area (Å²) in [5, 5.41) is 1.69. The number of halogens is 1. The minimum Gasteiger partial charge on any atom is -0.439 e. The van der Waals surface area contributed by atoms with E-state index in [0.29, 0.717) is 23.2 Å². The van der Waals surface area contributed by atoms with E-state index in [-0.39, 0.29) is 0 Å². The van der Waals surface area contributed by atoms with Gasteiger partial charge in [0.1, 0.15) is 5.75 Å². The van der Waals surface area contributed by atoms with Crippen LogP contribution in [0.5, 0.6) is 11.6 Å². The Bertz CT molecular complexity index is 802. The van der Waals surface area contributed by atoms with Crippen molar-refractivity contribution in [3.63, 3.8) is 0 Å². The van der Waals surface area contributed by atoms with Gasteiger partial charge in [0.05, 0.1) is 5.52 Å². The van der Waals surface area contributed by atoms with Crippen molar-refractivity contribution in [3.05, 3.63) is 64.7 Å². The third kappa shape index (κ3) is 2.84. The van der Waals surface area contributed by atoms with Gasteiger partial charge in [0, 0.05) is 23.0 Å². The van der Waals surface area contributed by atoms with E-state index < -0.39 is 0 Å². The molecule has 2 aromatic carbocycles. The van der Waals surface area contributed by atoms with Crippen molar-refractivity contribution in [1.82, 2.24) is 4.98 Å². The van der Waals surface area contributed by atoms with Crippen LogP contribution in [0.15, 0.2) is 48.5 Å². The average molecular weight is 299 g/mol. The molecular weight excluding hydrogens is 284 g/mol. The molecule has 106 valence electrons. The summed E-state index contributed by atoms with van der Waals surface area (Å²) in [6.07, 6.45) is 0. The number of pyridine rings is 1. The first-order valence-corrected chi connectivity index (χ1v) is 7.08. The highest BCUT2D eigenvalue weighted by molar-refractivity contribution is 6.30. The van der Waals surface area contributed by atoms with Gasteiger partial charge in [0.2, 0.25) is 5.88 Å². The lowest BCUT2D eigenvalue weighted by molar-refractivity contribution is 0.461. The van der Waals surface area contributed by atoms with E-state index in [1.54, 1.807) is 6.07 Å². The van der Waals surface area contributed by atoms with E-state index >= 15 is 0 Å². The molecule has 21 heavy (non-hydrogen) atoms. The summed E-state index contributed by atoms with van der Waals surface area (Å²) >= 11 is 6.02. The lowest BCUT2D eigenvalue weighted by atomic mass is 10.1. The van der Waals surface area contributed by atoms with Gasteiger partial charge < -0.3 is 10.5 Å². The third-order valence-corrected chi connectivity index (χ3v) is 3.60. The van der Waals surface area contributed by atoms with Gasteiger partial charge in [0.15, 0.2) is 0 Å². The first kappa shape index (κ1) is 13.9. The molecule has 0 aliphatic heterocycles. The van der Waals surface area contributed by atoms with Crippen LogP contribution in [-0.4, -0.2) is 4.98 Å². The molecule has 1 aromatic heterocycles. The van der Waals surface area contributed by atoms with Crippen molar-refractivity contribution in [2.45, 2.75) is 13.5 Å². The van der Waals surface area contributed by atoms with E-state index in [1.807, 2.05) is 49.4 Å². The number of ether oxygens (including phenoxy) is 1. The van der Waals surface area contributed by atoms with Crippen molar-refractivity contribution >= 4 is 22.5 Å². The highest BCUT2D eigenvalue weighted by Crippen LogP contribution is 2.29. The second-order valence-corrected chi connectivity index (χ2v) is 5.29. The van der Waals surface area contributed by atoms with Gasteiger partial charge in [-0.05, 0) is 36.2 Å². The zero-order valence-electron chi connectivity index (χ0n) is 11.6. The predicted octanol–water partition coefficient (Wildman–Crippen LogP) is 4.45. The maximum Gasteiger partial charge on any atom is 0.220 e. The van der Waals surface area contributed by atoms with Crippen LogP contribution in [0.2, 0.25) is 5.02 Å². The summed E-state index contributed by atoms with van der Waals surface area (Å²) in [5.41, 5.74) is 8.71. The lowest BCUT2D eigenvalue weighted by Crippen LogP contribution is -2.00. The molecule has 0 fully saturated rings. The van der Waals surface area contributed by atoms with Gasteiger partial charge in [-0.1, -0.05) is 35.9 Å². The fraction of sp³-hybridized carbons (Fsp3) is 0.118. The topological polar surface area (TPSA) is 48.1 Å². The number of para-hydroxylation sites is 1. The number of nitrogens with two attached hydrogens (primary N) is 1. The fourth-order valence-electron chi connectivity index (χ4n) is 2.24. The molecule has 0 aliphatic carbocycles. The normalized spacial score (nSPS) is 10.8. The second-order valence-electron chi connectivity index (χ2n) is 4.85. The third-order valence-electron chi connectivity index (χ3n) is 3.36. The van der Waals surface area contributed by atoms with Crippen LogP contribution in [0.25, 0.3) is 10.9 Å². The number of aromatic nitrogens is 1. The highest BCUT2D eigenvalue weighted by atomic mass is 35.5. The molecule has 3 nitrogen and oxygen atoms in total. The van der Waals surface area contributed by atoms with Gasteiger partial charge >= 0.3 is 0 Å². The van der Waals surface area contributed by atoms with E-state index in [4.69, 9.17) is 22.1 Å². The molecule has 0 aliphatic rings. The largest absolute Gasteiger partial charge is 0.439 e. The Labute approximate surface area is 128 Å². The van der Waals surface area contributed by atoms with Crippen LogP contribution < -0.4 is 10.5 Å². The molecule has 0 saturated carbocycles. The Kier molecular flexibility index (Phi) is 3.78. The van der Waals surface area contributed by atoms with Crippen molar-refractivity contribution in [1.29, 1.82) is 0 Å². The summed E-state index contributed by atoms with van der Waals surface area (Å²) in [5.74, 6) is 1.23. The molecule has 0 unspecified atom stereocenters. The molecule has 0 radical (unpaired) electrons. The average Bonchev–Trinajstić information content (AvgIpc) is 2.50. The van der Waals surface area contributed by atoms with Crippen LogP contribution in [0.4, 0.5) is 0 Å². The Balaban J connectivity index is 2.06. The van der Waals surface area contributed by atoms with Crippen molar-refractivity contribution in [2.24, 2.45) is 5.73 Å². The minimum absolute atomic E-state index is 0.438. The Morgan fingerprint density at radius 1 is 1.14 bits per heavy atom. The number of fused-ring (bicyclic) bond motifs is 1. The second kappa shape index (κ2) is 5.72. The molecule has 0 bridgehead atoms. The molecule has 3 aromatic rings. The molecule has 0 spiro atoms. The predicted molar refractivity (Wildman–Crippen MR) is 85.9 cm³/mol. The van der Waals surface area contributed by atoms with Crippen LogP contribution in [0.1, 0.15) is 11.1 Å². The number of hydrogen-bond donors (Lipinski definition) is 1. The fourth-order valence-corrected chi connectivity index (χ4v) is 2.40. The molecule has 0 saturated heterocycles. The van der Waals surface area contributed by atoms with Crippen molar-refractivity contribution in [2.75, 3.05) is 0 Å². The Morgan fingerprint density at radius 2 is 1.95 bits per heavy atom. The number of rotatable bonds is 3. The number of nitrogens with zero attached hydrogens (tertiary/aromatic N) is 1. The van der Waals surface area contributed by atoms with Crippen molar-refractivity contribution in [3.8, 4) is 11.6 Å².